The number of amides is 1. The maximum absolute atomic E-state index is 12.6. The fourth-order valence-corrected chi connectivity index (χ4v) is 3.51. The van der Waals surface area contributed by atoms with Crippen LogP contribution in [0.3, 0.4) is 0 Å². The van der Waals surface area contributed by atoms with E-state index < -0.39 is 15.0 Å². The van der Waals surface area contributed by atoms with E-state index in [9.17, 15) is 13.2 Å². The third kappa shape index (κ3) is 3.97. The second kappa shape index (κ2) is 7.26. The van der Waals surface area contributed by atoms with E-state index in [4.69, 9.17) is 10.7 Å². The molecule has 0 aromatic carbocycles. The van der Waals surface area contributed by atoms with E-state index in [-0.39, 0.29) is 16.6 Å². The second-order valence-corrected chi connectivity index (χ2v) is 7.42. The maximum atomic E-state index is 12.6. The molecule has 120 valence electrons. The van der Waals surface area contributed by atoms with Gasteiger partial charge in [-0.2, -0.15) is 5.10 Å². The van der Waals surface area contributed by atoms with Crippen LogP contribution in [0.15, 0.2) is 4.90 Å². The molecule has 8 heteroatoms. The molecule has 1 unspecified atom stereocenters. The predicted octanol–water partition coefficient (Wildman–Crippen LogP) is 2.55. The summed E-state index contributed by atoms with van der Waals surface area (Å²) < 4.78 is 23.6. The Morgan fingerprint density at radius 3 is 2.43 bits per heavy atom. The number of nitrogens with one attached hydrogen (secondary N) is 1. The zero-order valence-corrected chi connectivity index (χ0v) is 14.4. The van der Waals surface area contributed by atoms with E-state index in [2.05, 4.69) is 10.2 Å². The summed E-state index contributed by atoms with van der Waals surface area (Å²) in [5.41, 5.74) is 0.270. The number of aromatic nitrogens is 2. The van der Waals surface area contributed by atoms with E-state index in [0.717, 1.165) is 12.8 Å². The summed E-state index contributed by atoms with van der Waals surface area (Å²) in [5, 5.41) is 6.54. The zero-order chi connectivity index (χ0) is 16.2. The molecule has 21 heavy (non-hydrogen) atoms. The Bertz CT molecular complexity index is 598. The largest absolute Gasteiger partial charge is 0.335 e. The van der Waals surface area contributed by atoms with E-state index in [1.807, 2.05) is 27.7 Å². The van der Waals surface area contributed by atoms with Crippen molar-refractivity contribution in [3.63, 3.8) is 0 Å². The van der Waals surface area contributed by atoms with E-state index in [1.165, 1.54) is 0 Å². The molecule has 0 saturated carbocycles. The quantitative estimate of drug-likeness (QED) is 0.776. The van der Waals surface area contributed by atoms with Gasteiger partial charge >= 0.3 is 0 Å². The summed E-state index contributed by atoms with van der Waals surface area (Å²) in [7, 11) is 1.46. The fraction of sp³-hybridized carbons (Fsp3) is 0.692. The van der Waals surface area contributed by atoms with Crippen molar-refractivity contribution in [1.82, 2.24) is 15.1 Å². The number of rotatable bonds is 7. The molecule has 1 aromatic rings. The highest BCUT2D eigenvalue weighted by molar-refractivity contribution is 8.13. The van der Waals surface area contributed by atoms with Gasteiger partial charge in [-0.05, 0) is 26.7 Å². The Hall–Kier alpha value is -1.08. The van der Waals surface area contributed by atoms with E-state index in [0.29, 0.717) is 18.7 Å². The summed E-state index contributed by atoms with van der Waals surface area (Å²) in [5.74, 6) is -0.412. The highest BCUT2D eigenvalue weighted by atomic mass is 35.7. The Labute approximate surface area is 130 Å². The Morgan fingerprint density at radius 2 is 2.00 bits per heavy atom. The van der Waals surface area contributed by atoms with Gasteiger partial charge in [0.15, 0.2) is 5.69 Å². The maximum Gasteiger partial charge on any atom is 0.276 e. The average Bonchev–Trinajstić information content (AvgIpc) is 2.83. The molecule has 0 aliphatic carbocycles. The third-order valence-electron chi connectivity index (χ3n) is 3.46. The molecule has 0 aliphatic heterocycles. The van der Waals surface area contributed by atoms with Crippen molar-refractivity contribution in [1.29, 1.82) is 0 Å². The minimum Gasteiger partial charge on any atom is -0.335 e. The topological polar surface area (TPSA) is 83.1 Å². The molecular weight excluding hydrogens is 314 g/mol. The van der Waals surface area contributed by atoms with E-state index >= 15 is 0 Å². The first-order valence-electron chi connectivity index (χ1n) is 7.10. The van der Waals surface area contributed by atoms with Crippen molar-refractivity contribution in [2.24, 2.45) is 0 Å². The Kier molecular flexibility index (Phi) is 6.22. The number of hydrogen-bond donors (Lipinski definition) is 1. The van der Waals surface area contributed by atoms with Crippen molar-refractivity contribution in [2.45, 2.75) is 57.9 Å². The number of aromatic amines is 1. The zero-order valence-electron chi connectivity index (χ0n) is 12.8. The van der Waals surface area contributed by atoms with Gasteiger partial charge in [0.05, 0.1) is 5.69 Å². The summed E-state index contributed by atoms with van der Waals surface area (Å²) in [6, 6.07) is -0.000273. The van der Waals surface area contributed by atoms with Gasteiger partial charge in [0.25, 0.3) is 15.0 Å². The van der Waals surface area contributed by atoms with Crippen LogP contribution in [-0.4, -0.2) is 42.0 Å². The SMILES string of the molecule is CCCc1[nH]nc(C(=O)N(CC)C(C)CC)c1S(=O)(=O)Cl. The number of hydrogen-bond acceptors (Lipinski definition) is 4. The molecule has 0 aliphatic rings. The van der Waals surface area contributed by atoms with Gasteiger partial charge in [0, 0.05) is 23.3 Å². The van der Waals surface area contributed by atoms with Crippen molar-refractivity contribution in [2.75, 3.05) is 6.54 Å². The van der Waals surface area contributed by atoms with Crippen LogP contribution < -0.4 is 0 Å². The molecule has 0 spiro atoms. The minimum absolute atomic E-state index is 0.000273. The van der Waals surface area contributed by atoms with Gasteiger partial charge in [0.2, 0.25) is 0 Å². The van der Waals surface area contributed by atoms with Crippen LogP contribution >= 0.6 is 10.7 Å². The van der Waals surface area contributed by atoms with Crippen LogP contribution in [0.4, 0.5) is 0 Å². The third-order valence-corrected chi connectivity index (χ3v) is 4.85. The number of aryl methyl sites for hydroxylation is 1. The second-order valence-electron chi connectivity index (χ2n) is 4.92. The minimum atomic E-state index is -4.03. The summed E-state index contributed by atoms with van der Waals surface area (Å²) in [6.07, 6.45) is 1.96. The number of carbonyl (C=O) groups is 1. The highest BCUT2D eigenvalue weighted by Gasteiger charge is 2.31. The summed E-state index contributed by atoms with van der Waals surface area (Å²) in [4.78, 5) is 14.0. The van der Waals surface area contributed by atoms with Gasteiger partial charge in [-0.25, -0.2) is 8.42 Å². The van der Waals surface area contributed by atoms with Crippen LogP contribution in [0, 0.1) is 0 Å². The van der Waals surface area contributed by atoms with Crippen molar-refractivity contribution >= 4 is 25.6 Å². The molecular formula is C13H22ClN3O3S. The molecule has 1 heterocycles. The van der Waals surface area contributed by atoms with Crippen molar-refractivity contribution in [3.05, 3.63) is 11.4 Å². The molecule has 0 bridgehead atoms. The first-order chi connectivity index (χ1) is 9.77. The van der Waals surface area contributed by atoms with Crippen LogP contribution in [0.2, 0.25) is 0 Å². The Balaban J connectivity index is 3.33. The predicted molar refractivity (Wildman–Crippen MR) is 82.1 cm³/mol. The molecule has 1 aromatic heterocycles. The van der Waals surface area contributed by atoms with Gasteiger partial charge in [-0.15, -0.1) is 0 Å². The summed E-state index contributed by atoms with van der Waals surface area (Å²) in [6.45, 7) is 8.11. The molecule has 1 atom stereocenters. The fourth-order valence-electron chi connectivity index (χ4n) is 2.21. The van der Waals surface area contributed by atoms with Gasteiger partial charge in [-0.1, -0.05) is 20.3 Å². The first-order valence-corrected chi connectivity index (χ1v) is 9.41. The van der Waals surface area contributed by atoms with E-state index in [1.54, 1.807) is 4.90 Å². The summed E-state index contributed by atoms with van der Waals surface area (Å²) >= 11 is 0. The van der Waals surface area contributed by atoms with Crippen molar-refractivity contribution in [3.8, 4) is 0 Å². The van der Waals surface area contributed by atoms with Gasteiger partial charge in [0.1, 0.15) is 4.90 Å². The number of H-pyrrole nitrogens is 1. The molecule has 6 nitrogen and oxygen atoms in total. The number of halogens is 1. The smallest absolute Gasteiger partial charge is 0.276 e. The van der Waals surface area contributed by atoms with Gasteiger partial charge in [-0.3, -0.25) is 9.89 Å². The molecule has 0 radical (unpaired) electrons. The van der Waals surface area contributed by atoms with Gasteiger partial charge < -0.3 is 4.90 Å². The standard InChI is InChI=1S/C13H22ClN3O3S/c1-5-8-10-12(21(14,19)20)11(16-15-10)13(18)17(7-3)9(4)6-2/h9H,5-8H2,1-4H3,(H,15,16). The van der Waals surface area contributed by atoms with Crippen molar-refractivity contribution < 1.29 is 13.2 Å². The monoisotopic (exact) mass is 335 g/mol. The normalized spacial score (nSPS) is 13.2. The molecule has 1 amide bonds. The lowest BCUT2D eigenvalue weighted by Gasteiger charge is -2.26. The molecule has 0 saturated heterocycles. The Morgan fingerprint density at radius 1 is 1.38 bits per heavy atom. The average molecular weight is 336 g/mol. The molecule has 1 N–H and O–H groups in total. The first kappa shape index (κ1) is 18.0. The van der Waals surface area contributed by atoms with Crippen LogP contribution in [0.25, 0.3) is 0 Å². The van der Waals surface area contributed by atoms with Crippen LogP contribution in [0.5, 0.6) is 0 Å². The number of carbonyl (C=O) groups excluding carboxylic acids is 1. The van der Waals surface area contributed by atoms with Crippen LogP contribution in [-0.2, 0) is 15.5 Å². The lowest BCUT2D eigenvalue weighted by molar-refractivity contribution is 0.0690. The van der Waals surface area contributed by atoms with Crippen LogP contribution in [0.1, 0.15) is 56.7 Å². The molecule has 1 rings (SSSR count). The lowest BCUT2D eigenvalue weighted by atomic mass is 10.2. The molecule has 0 fully saturated rings. The lowest BCUT2D eigenvalue weighted by Crippen LogP contribution is -2.38. The highest BCUT2D eigenvalue weighted by Crippen LogP contribution is 2.25. The number of nitrogens with zero attached hydrogens (tertiary/aromatic N) is 2.